The third-order valence-electron chi connectivity index (χ3n) is 7.73. The third kappa shape index (κ3) is 5.91. The Hall–Kier alpha value is -3.67. The van der Waals surface area contributed by atoms with E-state index in [4.69, 9.17) is 9.84 Å². The standard InChI is InChI=1S/C28H32F3N5O4/c1-14-9-18(35-22(38)11-37)6-7-20(14)36-27(39)23-15(2)34-26-24(32-13-33-25(23)26)19-10-17(28(29,30)31)5-8-21(19)40-12-16-3-4-16/h5,8,10,13-14,16,18,20,34,37H,3-4,6-7,9,11-12H2,1-2H3,(H,35,38)(H,36,39). The van der Waals surface area contributed by atoms with Crippen molar-refractivity contribution in [1.82, 2.24) is 25.6 Å². The summed E-state index contributed by atoms with van der Waals surface area (Å²) in [6.45, 7) is 3.54. The minimum atomic E-state index is -4.55. The van der Waals surface area contributed by atoms with Gasteiger partial charge in [0.25, 0.3) is 5.91 Å². The highest BCUT2D eigenvalue weighted by Crippen LogP contribution is 2.40. The molecular weight excluding hydrogens is 527 g/mol. The second-order valence-electron chi connectivity index (χ2n) is 10.8. The van der Waals surface area contributed by atoms with E-state index >= 15 is 0 Å². The molecule has 2 aliphatic rings. The minimum absolute atomic E-state index is 0.0636. The normalized spacial score (nSPS) is 21.3. The van der Waals surface area contributed by atoms with Gasteiger partial charge in [-0.3, -0.25) is 9.59 Å². The number of H-pyrrole nitrogens is 1. The molecule has 3 atom stereocenters. The number of ether oxygens (including phenoxy) is 1. The molecule has 12 heteroatoms. The number of nitrogens with one attached hydrogen (secondary N) is 3. The van der Waals surface area contributed by atoms with Gasteiger partial charge in [-0.25, -0.2) is 9.97 Å². The Balaban J connectivity index is 1.43. The molecule has 9 nitrogen and oxygen atoms in total. The Morgan fingerprint density at radius 3 is 2.60 bits per heavy atom. The molecule has 4 N–H and O–H groups in total. The Kier molecular flexibility index (Phi) is 7.72. The van der Waals surface area contributed by atoms with Crippen LogP contribution in [0.25, 0.3) is 22.3 Å². The van der Waals surface area contributed by atoms with Crippen LogP contribution in [0.1, 0.15) is 60.6 Å². The molecule has 214 valence electrons. The number of aromatic nitrogens is 3. The molecule has 2 fully saturated rings. The molecule has 5 rings (SSSR count). The summed E-state index contributed by atoms with van der Waals surface area (Å²) in [5, 5.41) is 14.9. The van der Waals surface area contributed by atoms with E-state index in [0.29, 0.717) is 54.1 Å². The number of fused-ring (bicyclic) bond motifs is 1. The molecule has 40 heavy (non-hydrogen) atoms. The molecule has 3 unspecified atom stereocenters. The lowest BCUT2D eigenvalue weighted by atomic mass is 9.82. The van der Waals surface area contributed by atoms with Crippen LogP contribution in [0.4, 0.5) is 13.2 Å². The lowest BCUT2D eigenvalue weighted by Gasteiger charge is -2.35. The molecule has 0 bridgehead atoms. The molecule has 2 heterocycles. The van der Waals surface area contributed by atoms with Crippen LogP contribution in [0.15, 0.2) is 24.5 Å². The molecule has 2 amide bonds. The van der Waals surface area contributed by atoms with Crippen molar-refractivity contribution >= 4 is 22.8 Å². The van der Waals surface area contributed by atoms with E-state index in [-0.39, 0.29) is 40.9 Å². The maximum absolute atomic E-state index is 13.6. The van der Waals surface area contributed by atoms with Crippen molar-refractivity contribution in [3.8, 4) is 17.0 Å². The van der Waals surface area contributed by atoms with Crippen molar-refractivity contribution in [2.75, 3.05) is 13.2 Å². The fraction of sp³-hybridized carbons (Fsp3) is 0.500. The van der Waals surface area contributed by atoms with Crippen LogP contribution >= 0.6 is 0 Å². The number of carbonyl (C=O) groups is 2. The van der Waals surface area contributed by atoms with Gasteiger partial charge >= 0.3 is 6.18 Å². The smallest absolute Gasteiger partial charge is 0.416 e. The van der Waals surface area contributed by atoms with Crippen LogP contribution in [0.3, 0.4) is 0 Å². The van der Waals surface area contributed by atoms with E-state index in [1.807, 2.05) is 6.92 Å². The second kappa shape index (κ2) is 11.1. The maximum atomic E-state index is 13.6. The fourth-order valence-electron chi connectivity index (χ4n) is 5.37. The number of rotatable bonds is 8. The van der Waals surface area contributed by atoms with E-state index < -0.39 is 24.3 Å². The number of benzene rings is 1. The Bertz CT molecular complexity index is 1420. The van der Waals surface area contributed by atoms with Gasteiger partial charge in [-0.1, -0.05) is 6.92 Å². The summed E-state index contributed by atoms with van der Waals surface area (Å²) >= 11 is 0. The summed E-state index contributed by atoms with van der Waals surface area (Å²) in [7, 11) is 0. The van der Waals surface area contributed by atoms with E-state index in [9.17, 15) is 22.8 Å². The van der Waals surface area contributed by atoms with Crippen LogP contribution in [0.2, 0.25) is 0 Å². The number of aryl methyl sites for hydroxylation is 1. The van der Waals surface area contributed by atoms with Gasteiger partial charge in [0.2, 0.25) is 5.91 Å². The quantitative estimate of drug-likeness (QED) is 0.328. The lowest BCUT2D eigenvalue weighted by molar-refractivity contribution is -0.137. The number of halogens is 3. The average molecular weight is 560 g/mol. The van der Waals surface area contributed by atoms with Gasteiger partial charge in [0, 0.05) is 23.3 Å². The first-order chi connectivity index (χ1) is 19.0. The number of hydrogen-bond acceptors (Lipinski definition) is 6. The average Bonchev–Trinajstić information content (AvgIpc) is 3.67. The van der Waals surface area contributed by atoms with Crippen molar-refractivity contribution < 1.29 is 32.6 Å². The van der Waals surface area contributed by atoms with Crippen LogP contribution < -0.4 is 15.4 Å². The summed E-state index contributed by atoms with van der Waals surface area (Å²) in [6, 6.07) is 3.12. The topological polar surface area (TPSA) is 129 Å². The molecule has 1 aromatic carbocycles. The predicted octanol–water partition coefficient (Wildman–Crippen LogP) is 4.14. The van der Waals surface area contributed by atoms with Gasteiger partial charge < -0.3 is 25.5 Å². The highest BCUT2D eigenvalue weighted by atomic mass is 19.4. The van der Waals surface area contributed by atoms with Crippen LogP contribution in [0.5, 0.6) is 5.75 Å². The van der Waals surface area contributed by atoms with Crippen molar-refractivity contribution in [1.29, 1.82) is 0 Å². The molecule has 2 saturated carbocycles. The van der Waals surface area contributed by atoms with Crippen LogP contribution in [-0.2, 0) is 11.0 Å². The fourth-order valence-corrected chi connectivity index (χ4v) is 5.37. The number of nitrogens with zero attached hydrogens (tertiary/aromatic N) is 2. The number of aromatic amines is 1. The van der Waals surface area contributed by atoms with Crippen LogP contribution in [0, 0.1) is 18.8 Å². The number of aliphatic hydroxyl groups excluding tert-OH is 1. The van der Waals surface area contributed by atoms with Gasteiger partial charge in [0.05, 0.1) is 23.3 Å². The molecule has 0 spiro atoms. The zero-order valence-electron chi connectivity index (χ0n) is 22.3. The number of carbonyl (C=O) groups excluding carboxylic acids is 2. The highest BCUT2D eigenvalue weighted by molar-refractivity contribution is 6.09. The number of aliphatic hydroxyl groups is 1. The summed E-state index contributed by atoms with van der Waals surface area (Å²) in [5.74, 6) is -0.0264. The summed E-state index contributed by atoms with van der Waals surface area (Å²) in [4.78, 5) is 36.8. The van der Waals surface area contributed by atoms with Crippen molar-refractivity contribution in [3.63, 3.8) is 0 Å². The van der Waals surface area contributed by atoms with E-state index in [1.54, 1.807) is 6.92 Å². The van der Waals surface area contributed by atoms with Gasteiger partial charge in [0.15, 0.2) is 0 Å². The molecular formula is C28H32F3N5O4. The molecule has 2 aliphatic carbocycles. The summed E-state index contributed by atoms with van der Waals surface area (Å²) < 4.78 is 46.8. The van der Waals surface area contributed by atoms with Crippen molar-refractivity contribution in [2.45, 2.75) is 64.2 Å². The van der Waals surface area contributed by atoms with E-state index in [1.165, 1.54) is 12.4 Å². The van der Waals surface area contributed by atoms with Gasteiger partial charge in [-0.05, 0) is 69.1 Å². The zero-order chi connectivity index (χ0) is 28.6. The number of hydrogen-bond donors (Lipinski definition) is 4. The molecule has 0 radical (unpaired) electrons. The Morgan fingerprint density at radius 2 is 1.93 bits per heavy atom. The van der Waals surface area contributed by atoms with Gasteiger partial charge in [-0.15, -0.1) is 0 Å². The second-order valence-corrected chi connectivity index (χ2v) is 10.8. The minimum Gasteiger partial charge on any atom is -0.493 e. The van der Waals surface area contributed by atoms with E-state index in [2.05, 4.69) is 25.6 Å². The first-order valence-electron chi connectivity index (χ1n) is 13.4. The number of amides is 2. The summed E-state index contributed by atoms with van der Waals surface area (Å²) in [5.41, 5.74) is 1.04. The largest absolute Gasteiger partial charge is 0.493 e. The molecule has 0 aliphatic heterocycles. The molecule has 3 aromatic rings. The zero-order valence-corrected chi connectivity index (χ0v) is 22.3. The predicted molar refractivity (Wildman–Crippen MR) is 141 cm³/mol. The lowest BCUT2D eigenvalue weighted by Crippen LogP contribution is -2.48. The van der Waals surface area contributed by atoms with E-state index in [0.717, 1.165) is 25.0 Å². The first kappa shape index (κ1) is 27.9. The maximum Gasteiger partial charge on any atom is 0.416 e. The SMILES string of the molecule is Cc1[nH]c2c(-c3cc(C(F)(F)F)ccc3OCC3CC3)ncnc2c1C(=O)NC1CCC(NC(=O)CO)CC1C. The number of alkyl halides is 3. The molecule has 0 saturated heterocycles. The van der Waals surface area contributed by atoms with Crippen molar-refractivity contribution in [2.24, 2.45) is 11.8 Å². The third-order valence-corrected chi connectivity index (χ3v) is 7.73. The van der Waals surface area contributed by atoms with Crippen molar-refractivity contribution in [3.05, 3.63) is 41.3 Å². The Labute approximate surface area is 228 Å². The van der Waals surface area contributed by atoms with Gasteiger partial charge in [0.1, 0.15) is 29.9 Å². The monoisotopic (exact) mass is 559 g/mol. The Morgan fingerprint density at radius 1 is 1.15 bits per heavy atom. The summed E-state index contributed by atoms with van der Waals surface area (Å²) in [6.07, 6.45) is 0.679. The van der Waals surface area contributed by atoms with Gasteiger partial charge in [-0.2, -0.15) is 13.2 Å². The highest BCUT2D eigenvalue weighted by Gasteiger charge is 2.34. The molecule has 2 aromatic heterocycles. The van der Waals surface area contributed by atoms with Crippen LogP contribution in [-0.4, -0.2) is 57.2 Å². The first-order valence-corrected chi connectivity index (χ1v) is 13.4.